The molecular formula is C22H28N2O3S2. The van der Waals surface area contributed by atoms with Gasteiger partial charge in [0.2, 0.25) is 15.9 Å². The van der Waals surface area contributed by atoms with E-state index in [1.165, 1.54) is 20.3 Å². The molecule has 1 fully saturated rings. The van der Waals surface area contributed by atoms with E-state index in [1.54, 1.807) is 16.7 Å². The maximum Gasteiger partial charge on any atom is 0.223 e. The lowest BCUT2D eigenvalue weighted by Crippen LogP contribution is -2.50. The molecule has 0 radical (unpaired) electrons. The Morgan fingerprint density at radius 2 is 1.66 bits per heavy atom. The second-order valence-corrected chi connectivity index (χ2v) is 10.5. The third-order valence-corrected chi connectivity index (χ3v) is 8.09. The first-order valence-corrected chi connectivity index (χ1v) is 12.4. The topological polar surface area (TPSA) is 57.7 Å². The molecule has 0 aromatic heterocycles. The standard InChI is InChI=1S/C22H28N2O3S2/c1-18-8-9-21(16-19(18)2)28-15-10-22(25)23-11-13-24(14-12-23)29(26,27)17-20-6-4-3-5-7-20/h3-9,16H,10-15,17H2,1-2H3. The summed E-state index contributed by atoms with van der Waals surface area (Å²) in [5, 5.41) is 0. The molecule has 0 N–H and O–H groups in total. The Hall–Kier alpha value is -1.83. The van der Waals surface area contributed by atoms with Crippen LogP contribution in [0.3, 0.4) is 0 Å². The fraction of sp³-hybridized carbons (Fsp3) is 0.409. The number of amides is 1. The van der Waals surface area contributed by atoms with Gasteiger partial charge in [0.05, 0.1) is 5.75 Å². The van der Waals surface area contributed by atoms with Gasteiger partial charge >= 0.3 is 0 Å². The van der Waals surface area contributed by atoms with Crippen molar-refractivity contribution < 1.29 is 13.2 Å². The summed E-state index contributed by atoms with van der Waals surface area (Å²) in [6.07, 6.45) is 0.467. The van der Waals surface area contributed by atoms with E-state index in [0.717, 1.165) is 11.3 Å². The summed E-state index contributed by atoms with van der Waals surface area (Å²) in [6, 6.07) is 15.6. The lowest BCUT2D eigenvalue weighted by Gasteiger charge is -2.34. The summed E-state index contributed by atoms with van der Waals surface area (Å²) >= 11 is 1.69. The maximum atomic E-state index is 12.6. The van der Waals surface area contributed by atoms with Gasteiger partial charge in [0.1, 0.15) is 0 Å². The normalized spacial score (nSPS) is 15.4. The van der Waals surface area contributed by atoms with Crippen LogP contribution >= 0.6 is 11.8 Å². The van der Waals surface area contributed by atoms with E-state index in [0.29, 0.717) is 32.6 Å². The van der Waals surface area contributed by atoms with Crippen LogP contribution in [0, 0.1) is 13.8 Å². The predicted molar refractivity (Wildman–Crippen MR) is 118 cm³/mol. The average Bonchev–Trinajstić information content (AvgIpc) is 2.71. The van der Waals surface area contributed by atoms with Crippen LogP contribution in [-0.4, -0.2) is 55.5 Å². The fourth-order valence-electron chi connectivity index (χ4n) is 3.31. The van der Waals surface area contributed by atoms with Crippen LogP contribution in [0.2, 0.25) is 0 Å². The molecule has 5 nitrogen and oxygen atoms in total. The van der Waals surface area contributed by atoms with E-state index in [4.69, 9.17) is 0 Å². The molecule has 1 aliphatic heterocycles. The molecule has 2 aromatic rings. The number of hydrogen-bond acceptors (Lipinski definition) is 4. The van der Waals surface area contributed by atoms with Crippen molar-refractivity contribution in [3.63, 3.8) is 0 Å². The van der Waals surface area contributed by atoms with Gasteiger partial charge in [-0.25, -0.2) is 8.42 Å². The molecule has 0 bridgehead atoms. The molecule has 3 rings (SSSR count). The van der Waals surface area contributed by atoms with Gasteiger partial charge in [0.15, 0.2) is 0 Å². The monoisotopic (exact) mass is 432 g/mol. The van der Waals surface area contributed by atoms with Crippen LogP contribution in [0.15, 0.2) is 53.4 Å². The lowest BCUT2D eigenvalue weighted by molar-refractivity contribution is -0.131. The van der Waals surface area contributed by atoms with Gasteiger partial charge in [-0.3, -0.25) is 4.79 Å². The predicted octanol–water partition coefficient (Wildman–Crippen LogP) is 3.46. The molecule has 0 saturated carbocycles. The van der Waals surface area contributed by atoms with Gasteiger partial charge in [0, 0.05) is 43.2 Å². The van der Waals surface area contributed by atoms with E-state index in [1.807, 2.05) is 30.3 Å². The Bertz CT molecular complexity index is 938. The van der Waals surface area contributed by atoms with Crippen molar-refractivity contribution >= 4 is 27.7 Å². The van der Waals surface area contributed by atoms with Crippen molar-refractivity contribution in [3.05, 3.63) is 65.2 Å². The van der Waals surface area contributed by atoms with Crippen LogP contribution in [0.4, 0.5) is 0 Å². The molecule has 1 amide bonds. The number of benzene rings is 2. The zero-order chi connectivity index (χ0) is 20.9. The zero-order valence-corrected chi connectivity index (χ0v) is 18.6. The van der Waals surface area contributed by atoms with Crippen molar-refractivity contribution in [2.45, 2.75) is 30.9 Å². The Morgan fingerprint density at radius 1 is 0.966 bits per heavy atom. The van der Waals surface area contributed by atoms with Gasteiger partial charge in [-0.05, 0) is 42.7 Å². The first-order valence-electron chi connectivity index (χ1n) is 9.85. The maximum absolute atomic E-state index is 12.6. The second-order valence-electron chi connectivity index (χ2n) is 7.37. The minimum Gasteiger partial charge on any atom is -0.340 e. The van der Waals surface area contributed by atoms with E-state index < -0.39 is 10.0 Å². The third kappa shape index (κ3) is 6.07. The minimum atomic E-state index is -3.35. The molecule has 0 spiro atoms. The van der Waals surface area contributed by atoms with Crippen LogP contribution in [-0.2, 0) is 20.6 Å². The van der Waals surface area contributed by atoms with Crippen molar-refractivity contribution in [1.29, 1.82) is 0 Å². The van der Waals surface area contributed by atoms with Crippen molar-refractivity contribution in [2.75, 3.05) is 31.9 Å². The van der Waals surface area contributed by atoms with Crippen molar-refractivity contribution in [1.82, 2.24) is 9.21 Å². The highest BCUT2D eigenvalue weighted by Gasteiger charge is 2.28. The highest BCUT2D eigenvalue weighted by atomic mass is 32.2. The summed E-state index contributed by atoms with van der Waals surface area (Å²) < 4.78 is 26.8. The number of thioether (sulfide) groups is 1. The van der Waals surface area contributed by atoms with E-state index >= 15 is 0 Å². The number of hydrogen-bond donors (Lipinski definition) is 0. The quantitative estimate of drug-likeness (QED) is 0.629. The summed E-state index contributed by atoms with van der Waals surface area (Å²) in [5.41, 5.74) is 3.31. The smallest absolute Gasteiger partial charge is 0.223 e. The number of aryl methyl sites for hydroxylation is 2. The molecule has 0 atom stereocenters. The summed E-state index contributed by atoms with van der Waals surface area (Å²) in [6.45, 7) is 5.83. The molecular weight excluding hydrogens is 404 g/mol. The first kappa shape index (κ1) is 21.9. The molecule has 1 saturated heterocycles. The summed E-state index contributed by atoms with van der Waals surface area (Å²) in [7, 11) is -3.35. The number of nitrogens with zero attached hydrogens (tertiary/aromatic N) is 2. The molecule has 7 heteroatoms. The number of piperazine rings is 1. The SMILES string of the molecule is Cc1ccc(SCCC(=O)N2CCN(S(=O)(=O)Cc3ccccc3)CC2)cc1C. The van der Waals surface area contributed by atoms with Crippen molar-refractivity contribution in [2.24, 2.45) is 0 Å². The van der Waals surface area contributed by atoms with Gasteiger partial charge < -0.3 is 4.90 Å². The van der Waals surface area contributed by atoms with Crippen LogP contribution < -0.4 is 0 Å². The number of carbonyl (C=O) groups excluding carboxylic acids is 1. The minimum absolute atomic E-state index is 0.00833. The van der Waals surface area contributed by atoms with Gasteiger partial charge in [-0.15, -0.1) is 11.8 Å². The van der Waals surface area contributed by atoms with Gasteiger partial charge in [-0.2, -0.15) is 4.31 Å². The van der Waals surface area contributed by atoms with Crippen molar-refractivity contribution in [3.8, 4) is 0 Å². The van der Waals surface area contributed by atoms with Crippen LogP contribution in [0.5, 0.6) is 0 Å². The largest absolute Gasteiger partial charge is 0.340 e. The Kier molecular flexibility index (Phi) is 7.38. The molecule has 0 unspecified atom stereocenters. The van der Waals surface area contributed by atoms with Gasteiger partial charge in [0.25, 0.3) is 0 Å². The number of carbonyl (C=O) groups is 1. The highest BCUT2D eigenvalue weighted by molar-refractivity contribution is 7.99. The molecule has 156 valence electrons. The Labute approximate surface area is 178 Å². The lowest BCUT2D eigenvalue weighted by atomic mass is 10.1. The van der Waals surface area contributed by atoms with E-state index in [2.05, 4.69) is 32.0 Å². The van der Waals surface area contributed by atoms with Gasteiger partial charge in [-0.1, -0.05) is 36.4 Å². The molecule has 2 aromatic carbocycles. The van der Waals surface area contributed by atoms with E-state index in [-0.39, 0.29) is 11.7 Å². The average molecular weight is 433 g/mol. The number of sulfonamides is 1. The first-order chi connectivity index (χ1) is 13.8. The molecule has 29 heavy (non-hydrogen) atoms. The Morgan fingerprint density at radius 3 is 2.31 bits per heavy atom. The number of rotatable bonds is 7. The zero-order valence-electron chi connectivity index (χ0n) is 17.0. The second kappa shape index (κ2) is 9.78. The highest BCUT2D eigenvalue weighted by Crippen LogP contribution is 2.22. The Balaban J connectivity index is 1.44. The summed E-state index contributed by atoms with van der Waals surface area (Å²) in [5.74, 6) is 0.837. The molecule has 0 aliphatic carbocycles. The van der Waals surface area contributed by atoms with E-state index in [9.17, 15) is 13.2 Å². The fourth-order valence-corrected chi connectivity index (χ4v) is 5.76. The molecule has 1 heterocycles. The van der Waals surface area contributed by atoms with Crippen LogP contribution in [0.25, 0.3) is 0 Å². The third-order valence-electron chi connectivity index (χ3n) is 5.24. The van der Waals surface area contributed by atoms with Crippen LogP contribution in [0.1, 0.15) is 23.1 Å². The summed E-state index contributed by atoms with van der Waals surface area (Å²) in [4.78, 5) is 15.5. The molecule has 1 aliphatic rings.